The van der Waals surface area contributed by atoms with Gasteiger partial charge in [-0.15, -0.1) is 0 Å². The summed E-state index contributed by atoms with van der Waals surface area (Å²) >= 11 is 11.7. The van der Waals surface area contributed by atoms with E-state index < -0.39 is 6.04 Å². The summed E-state index contributed by atoms with van der Waals surface area (Å²) in [6, 6.07) is 12.7. The van der Waals surface area contributed by atoms with Crippen LogP contribution in [0.25, 0.3) is 0 Å². The molecule has 2 aromatic rings. The van der Waals surface area contributed by atoms with E-state index in [1.54, 1.807) is 48.5 Å². The Kier molecular flexibility index (Phi) is 4.92. The maximum Gasteiger partial charge on any atom is 0.322 e. The van der Waals surface area contributed by atoms with Crippen molar-refractivity contribution in [3.63, 3.8) is 0 Å². The second-order valence-electron chi connectivity index (χ2n) is 5.38. The molecule has 2 aromatic carbocycles. The largest absolute Gasteiger partial charge is 0.352 e. The average Bonchev–Trinajstić information content (AvgIpc) is 2.58. The van der Waals surface area contributed by atoms with Crippen LogP contribution < -0.4 is 10.6 Å². The summed E-state index contributed by atoms with van der Waals surface area (Å²) in [7, 11) is 0. The minimum atomic E-state index is -0.691. The lowest BCUT2D eigenvalue weighted by Gasteiger charge is -2.35. The predicted octanol–water partition coefficient (Wildman–Crippen LogP) is 3.70. The van der Waals surface area contributed by atoms with Crippen molar-refractivity contribution in [2.75, 3.05) is 18.4 Å². The Labute approximate surface area is 149 Å². The topological polar surface area (TPSA) is 61.4 Å². The zero-order valence-electron chi connectivity index (χ0n) is 12.6. The number of piperazine rings is 1. The van der Waals surface area contributed by atoms with Crippen LogP contribution in [-0.4, -0.2) is 29.9 Å². The zero-order valence-corrected chi connectivity index (χ0v) is 14.1. The van der Waals surface area contributed by atoms with Crippen molar-refractivity contribution in [3.05, 3.63) is 64.1 Å². The molecule has 24 heavy (non-hydrogen) atoms. The van der Waals surface area contributed by atoms with Crippen LogP contribution in [0.3, 0.4) is 0 Å². The van der Waals surface area contributed by atoms with Crippen LogP contribution in [0.1, 0.15) is 11.6 Å². The third-order valence-corrected chi connectivity index (χ3v) is 4.26. The summed E-state index contributed by atoms with van der Waals surface area (Å²) in [6.07, 6.45) is 0. The van der Waals surface area contributed by atoms with Crippen LogP contribution in [0.15, 0.2) is 48.5 Å². The molecule has 1 unspecified atom stereocenters. The lowest BCUT2D eigenvalue weighted by molar-refractivity contribution is -0.127. The fourth-order valence-electron chi connectivity index (χ4n) is 2.59. The number of amides is 3. The first-order valence-corrected chi connectivity index (χ1v) is 8.16. The van der Waals surface area contributed by atoms with Crippen molar-refractivity contribution < 1.29 is 9.59 Å². The molecule has 1 aliphatic heterocycles. The van der Waals surface area contributed by atoms with Crippen molar-refractivity contribution in [2.45, 2.75) is 6.04 Å². The smallest absolute Gasteiger partial charge is 0.322 e. The zero-order chi connectivity index (χ0) is 17.1. The number of anilines is 1. The molecular weight excluding hydrogens is 349 g/mol. The first-order valence-electron chi connectivity index (χ1n) is 7.41. The number of halogens is 2. The summed E-state index contributed by atoms with van der Waals surface area (Å²) in [5, 5.41) is 6.75. The van der Waals surface area contributed by atoms with Gasteiger partial charge in [0.05, 0.1) is 0 Å². The molecule has 0 spiro atoms. The van der Waals surface area contributed by atoms with E-state index in [9.17, 15) is 9.59 Å². The molecule has 2 N–H and O–H groups in total. The number of benzene rings is 2. The van der Waals surface area contributed by atoms with E-state index in [1.807, 2.05) is 0 Å². The Bertz CT molecular complexity index is 747. The van der Waals surface area contributed by atoms with Crippen LogP contribution in [0.5, 0.6) is 0 Å². The monoisotopic (exact) mass is 363 g/mol. The molecule has 1 atom stereocenters. The number of urea groups is 1. The first kappa shape index (κ1) is 16.6. The molecule has 0 aromatic heterocycles. The van der Waals surface area contributed by atoms with Crippen molar-refractivity contribution in [1.29, 1.82) is 0 Å². The molecule has 5 nitrogen and oxygen atoms in total. The molecule has 1 heterocycles. The standard InChI is InChI=1S/C17H15Cl2N3O2/c18-12-3-1-11(2-4-12)15-16(23)20-9-10-22(15)17(24)21-14-7-5-13(19)6-8-14/h1-8,15H,9-10H2,(H,20,23)(H,21,24). The van der Waals surface area contributed by atoms with Gasteiger partial charge < -0.3 is 15.5 Å². The van der Waals surface area contributed by atoms with E-state index in [2.05, 4.69) is 10.6 Å². The van der Waals surface area contributed by atoms with Gasteiger partial charge in [-0.25, -0.2) is 4.79 Å². The number of nitrogens with zero attached hydrogens (tertiary/aromatic N) is 1. The highest BCUT2D eigenvalue weighted by Gasteiger charge is 2.34. The quantitative estimate of drug-likeness (QED) is 0.854. The number of hydrogen-bond acceptors (Lipinski definition) is 2. The third-order valence-electron chi connectivity index (χ3n) is 3.75. The molecular formula is C17H15Cl2N3O2. The van der Waals surface area contributed by atoms with Gasteiger partial charge in [-0.2, -0.15) is 0 Å². The Hall–Kier alpha value is -2.24. The maximum atomic E-state index is 12.6. The van der Waals surface area contributed by atoms with Crippen molar-refractivity contribution in [1.82, 2.24) is 10.2 Å². The highest BCUT2D eigenvalue weighted by molar-refractivity contribution is 6.30. The molecule has 1 aliphatic rings. The van der Waals surface area contributed by atoms with Gasteiger partial charge in [0.2, 0.25) is 5.91 Å². The van der Waals surface area contributed by atoms with Gasteiger partial charge in [0.15, 0.2) is 0 Å². The Morgan fingerprint density at radius 2 is 1.62 bits per heavy atom. The SMILES string of the molecule is O=C1NCCN(C(=O)Nc2ccc(Cl)cc2)C1c1ccc(Cl)cc1. The first-order chi connectivity index (χ1) is 11.5. The second-order valence-corrected chi connectivity index (χ2v) is 6.25. The van der Waals surface area contributed by atoms with Gasteiger partial charge in [-0.05, 0) is 42.0 Å². The van der Waals surface area contributed by atoms with Gasteiger partial charge in [0.25, 0.3) is 0 Å². The van der Waals surface area contributed by atoms with E-state index >= 15 is 0 Å². The fourth-order valence-corrected chi connectivity index (χ4v) is 2.84. The molecule has 0 aliphatic carbocycles. The number of carbonyl (C=O) groups excluding carboxylic acids is 2. The Morgan fingerprint density at radius 1 is 1.04 bits per heavy atom. The summed E-state index contributed by atoms with van der Waals surface area (Å²) in [5.41, 5.74) is 1.33. The number of hydrogen-bond donors (Lipinski definition) is 2. The Morgan fingerprint density at radius 3 is 2.25 bits per heavy atom. The van der Waals surface area contributed by atoms with Crippen LogP contribution in [0, 0.1) is 0 Å². The number of carbonyl (C=O) groups is 2. The normalized spacial score (nSPS) is 17.3. The summed E-state index contributed by atoms with van der Waals surface area (Å²) < 4.78 is 0. The Balaban J connectivity index is 1.82. The molecule has 0 bridgehead atoms. The van der Waals surface area contributed by atoms with Crippen LogP contribution in [0.4, 0.5) is 10.5 Å². The number of rotatable bonds is 2. The van der Waals surface area contributed by atoms with Crippen LogP contribution in [0.2, 0.25) is 10.0 Å². The van der Waals surface area contributed by atoms with Gasteiger partial charge in [0, 0.05) is 28.8 Å². The van der Waals surface area contributed by atoms with Gasteiger partial charge >= 0.3 is 6.03 Å². The molecule has 0 radical (unpaired) electrons. The summed E-state index contributed by atoms with van der Waals surface area (Å²) in [4.78, 5) is 26.4. The number of nitrogens with one attached hydrogen (secondary N) is 2. The van der Waals surface area contributed by atoms with Gasteiger partial charge in [0.1, 0.15) is 6.04 Å². The molecule has 1 fully saturated rings. The van der Waals surface area contributed by atoms with E-state index in [-0.39, 0.29) is 11.9 Å². The highest BCUT2D eigenvalue weighted by Crippen LogP contribution is 2.25. The van der Waals surface area contributed by atoms with Gasteiger partial charge in [-0.1, -0.05) is 35.3 Å². The molecule has 0 saturated carbocycles. The third kappa shape index (κ3) is 3.63. The summed E-state index contributed by atoms with van der Waals surface area (Å²) in [6.45, 7) is 0.829. The predicted molar refractivity (Wildman–Crippen MR) is 94.4 cm³/mol. The molecule has 3 amide bonds. The molecule has 3 rings (SSSR count). The molecule has 124 valence electrons. The highest BCUT2D eigenvalue weighted by atomic mass is 35.5. The lowest BCUT2D eigenvalue weighted by atomic mass is 10.0. The minimum Gasteiger partial charge on any atom is -0.352 e. The maximum absolute atomic E-state index is 12.6. The summed E-state index contributed by atoms with van der Waals surface area (Å²) in [5.74, 6) is -0.213. The lowest BCUT2D eigenvalue weighted by Crippen LogP contribution is -2.53. The second kappa shape index (κ2) is 7.11. The molecule has 1 saturated heterocycles. The van der Waals surface area contributed by atoms with E-state index in [4.69, 9.17) is 23.2 Å². The van der Waals surface area contributed by atoms with Crippen molar-refractivity contribution >= 4 is 40.8 Å². The van der Waals surface area contributed by atoms with Crippen LogP contribution >= 0.6 is 23.2 Å². The van der Waals surface area contributed by atoms with E-state index in [0.29, 0.717) is 34.4 Å². The van der Waals surface area contributed by atoms with Crippen LogP contribution in [-0.2, 0) is 4.79 Å². The minimum absolute atomic E-state index is 0.213. The van der Waals surface area contributed by atoms with E-state index in [0.717, 1.165) is 0 Å². The van der Waals surface area contributed by atoms with Crippen molar-refractivity contribution in [2.24, 2.45) is 0 Å². The average molecular weight is 364 g/mol. The van der Waals surface area contributed by atoms with Crippen molar-refractivity contribution in [3.8, 4) is 0 Å². The van der Waals surface area contributed by atoms with Gasteiger partial charge in [-0.3, -0.25) is 4.79 Å². The van der Waals surface area contributed by atoms with E-state index in [1.165, 1.54) is 4.90 Å². The molecule has 7 heteroatoms. The fraction of sp³-hybridized carbons (Fsp3) is 0.176.